The van der Waals surface area contributed by atoms with E-state index in [2.05, 4.69) is 31.1 Å². The third kappa shape index (κ3) is 5.13. The van der Waals surface area contributed by atoms with E-state index in [9.17, 15) is 9.18 Å². The molecule has 1 heterocycles. The van der Waals surface area contributed by atoms with Crippen LogP contribution in [0.2, 0.25) is 0 Å². The first-order valence-corrected chi connectivity index (χ1v) is 7.99. The van der Waals surface area contributed by atoms with Crippen LogP contribution in [0, 0.1) is 5.82 Å². The molecule has 0 aliphatic heterocycles. The lowest BCUT2D eigenvalue weighted by atomic mass is 9.91. The van der Waals surface area contributed by atoms with Gasteiger partial charge in [-0.2, -0.15) is 0 Å². The van der Waals surface area contributed by atoms with Crippen LogP contribution in [0.25, 0.3) is 0 Å². The lowest BCUT2D eigenvalue weighted by Crippen LogP contribution is -2.42. The summed E-state index contributed by atoms with van der Waals surface area (Å²) >= 11 is 0. The van der Waals surface area contributed by atoms with Crippen LogP contribution in [-0.2, 0) is 23.2 Å². The molecule has 0 bridgehead atoms. The SMILES string of the molecule is CC(C)(C)c1cccc(CNC(Cc2ccc(F)cc2)C(N)=O)n1. The summed E-state index contributed by atoms with van der Waals surface area (Å²) in [5.74, 6) is -0.739. The molecule has 0 radical (unpaired) electrons. The Morgan fingerprint density at radius 2 is 1.88 bits per heavy atom. The zero-order valence-electron chi connectivity index (χ0n) is 14.3. The van der Waals surface area contributed by atoms with Crippen molar-refractivity contribution in [3.8, 4) is 0 Å². The minimum Gasteiger partial charge on any atom is -0.368 e. The van der Waals surface area contributed by atoms with E-state index in [0.29, 0.717) is 13.0 Å². The Labute approximate surface area is 142 Å². The highest BCUT2D eigenvalue weighted by atomic mass is 19.1. The van der Waals surface area contributed by atoms with Crippen molar-refractivity contribution in [3.63, 3.8) is 0 Å². The summed E-state index contributed by atoms with van der Waals surface area (Å²) in [5.41, 5.74) is 8.15. The molecular formula is C19H24FN3O. The molecule has 1 aromatic heterocycles. The molecule has 24 heavy (non-hydrogen) atoms. The second-order valence-corrected chi connectivity index (χ2v) is 6.93. The van der Waals surface area contributed by atoms with Gasteiger partial charge in [-0.15, -0.1) is 0 Å². The Morgan fingerprint density at radius 3 is 2.46 bits per heavy atom. The van der Waals surface area contributed by atoms with Crippen LogP contribution in [0.4, 0.5) is 4.39 Å². The summed E-state index contributed by atoms with van der Waals surface area (Å²) < 4.78 is 13.0. The molecule has 1 unspecified atom stereocenters. The van der Waals surface area contributed by atoms with Gasteiger partial charge < -0.3 is 5.73 Å². The molecule has 2 rings (SSSR count). The van der Waals surface area contributed by atoms with Gasteiger partial charge in [-0.25, -0.2) is 4.39 Å². The van der Waals surface area contributed by atoms with Crippen LogP contribution in [-0.4, -0.2) is 16.9 Å². The number of halogens is 1. The Hall–Kier alpha value is -2.27. The number of pyridine rings is 1. The van der Waals surface area contributed by atoms with Crippen molar-refractivity contribution in [1.82, 2.24) is 10.3 Å². The highest BCUT2D eigenvalue weighted by Crippen LogP contribution is 2.19. The first-order chi connectivity index (χ1) is 11.3. The van der Waals surface area contributed by atoms with Crippen LogP contribution >= 0.6 is 0 Å². The second kappa shape index (κ2) is 7.53. The van der Waals surface area contributed by atoms with Crippen LogP contribution in [0.1, 0.15) is 37.7 Å². The second-order valence-electron chi connectivity index (χ2n) is 6.93. The first-order valence-electron chi connectivity index (χ1n) is 7.99. The lowest BCUT2D eigenvalue weighted by Gasteiger charge is -2.19. The Balaban J connectivity index is 2.04. The van der Waals surface area contributed by atoms with Crippen molar-refractivity contribution in [1.29, 1.82) is 0 Å². The summed E-state index contributed by atoms with van der Waals surface area (Å²) in [6.45, 7) is 6.76. The topological polar surface area (TPSA) is 68.0 Å². The number of amides is 1. The van der Waals surface area contributed by atoms with Gasteiger partial charge in [-0.05, 0) is 36.2 Å². The van der Waals surface area contributed by atoms with Crippen molar-refractivity contribution in [3.05, 3.63) is 65.2 Å². The van der Waals surface area contributed by atoms with Crippen molar-refractivity contribution < 1.29 is 9.18 Å². The molecule has 1 amide bonds. The number of hydrogen-bond acceptors (Lipinski definition) is 3. The van der Waals surface area contributed by atoms with Crippen LogP contribution in [0.5, 0.6) is 0 Å². The number of aromatic nitrogens is 1. The number of benzene rings is 1. The van der Waals surface area contributed by atoms with Gasteiger partial charge in [0.15, 0.2) is 0 Å². The number of nitrogens with two attached hydrogens (primary N) is 1. The molecule has 1 atom stereocenters. The average Bonchev–Trinajstić information content (AvgIpc) is 2.52. The third-order valence-electron chi connectivity index (χ3n) is 3.80. The smallest absolute Gasteiger partial charge is 0.234 e. The molecule has 128 valence electrons. The van der Waals surface area contributed by atoms with Gasteiger partial charge in [0.25, 0.3) is 0 Å². The number of nitrogens with one attached hydrogen (secondary N) is 1. The highest BCUT2D eigenvalue weighted by molar-refractivity contribution is 5.80. The van der Waals surface area contributed by atoms with E-state index in [0.717, 1.165) is 17.0 Å². The minimum atomic E-state index is -0.532. The molecule has 5 heteroatoms. The highest BCUT2D eigenvalue weighted by Gasteiger charge is 2.18. The summed E-state index contributed by atoms with van der Waals surface area (Å²) in [6, 6.07) is 11.4. The number of primary amides is 1. The van der Waals surface area contributed by atoms with Crippen LogP contribution in [0.3, 0.4) is 0 Å². The standard InChI is InChI=1S/C19H24FN3O/c1-19(2,3)17-6-4-5-15(23-17)12-22-16(18(21)24)11-13-7-9-14(20)10-8-13/h4-10,16,22H,11-12H2,1-3H3,(H2,21,24). The Kier molecular flexibility index (Phi) is 5.67. The van der Waals surface area contributed by atoms with Crippen molar-refractivity contribution in [2.45, 2.75) is 45.2 Å². The summed E-state index contributed by atoms with van der Waals surface area (Å²) in [5, 5.41) is 3.15. The molecular weight excluding hydrogens is 305 g/mol. The molecule has 1 aromatic carbocycles. The number of carbonyl (C=O) groups is 1. The van der Waals surface area contributed by atoms with E-state index < -0.39 is 11.9 Å². The van der Waals surface area contributed by atoms with E-state index in [1.807, 2.05) is 18.2 Å². The van der Waals surface area contributed by atoms with E-state index in [4.69, 9.17) is 5.73 Å². The van der Waals surface area contributed by atoms with Gasteiger partial charge in [0.1, 0.15) is 5.82 Å². The van der Waals surface area contributed by atoms with Gasteiger partial charge in [0.05, 0.1) is 11.7 Å². The van der Waals surface area contributed by atoms with Crippen molar-refractivity contribution >= 4 is 5.91 Å². The predicted octanol–water partition coefficient (Wildman–Crippen LogP) is 2.70. The zero-order chi connectivity index (χ0) is 17.7. The maximum absolute atomic E-state index is 13.0. The van der Waals surface area contributed by atoms with Gasteiger partial charge in [-0.1, -0.05) is 39.0 Å². The number of carbonyl (C=O) groups excluding carboxylic acids is 1. The fourth-order valence-electron chi connectivity index (χ4n) is 2.35. The normalized spacial score (nSPS) is 12.8. The quantitative estimate of drug-likeness (QED) is 0.856. The molecule has 0 aliphatic rings. The monoisotopic (exact) mass is 329 g/mol. The number of nitrogens with zero attached hydrogens (tertiary/aromatic N) is 1. The van der Waals surface area contributed by atoms with Gasteiger partial charge in [-0.3, -0.25) is 15.1 Å². The van der Waals surface area contributed by atoms with Crippen molar-refractivity contribution in [2.24, 2.45) is 5.73 Å². The van der Waals surface area contributed by atoms with Crippen LogP contribution < -0.4 is 11.1 Å². The van der Waals surface area contributed by atoms with Crippen LogP contribution in [0.15, 0.2) is 42.5 Å². The van der Waals surface area contributed by atoms with Gasteiger partial charge >= 0.3 is 0 Å². The molecule has 2 aromatic rings. The largest absolute Gasteiger partial charge is 0.368 e. The maximum atomic E-state index is 13.0. The third-order valence-corrected chi connectivity index (χ3v) is 3.80. The van der Waals surface area contributed by atoms with E-state index in [1.165, 1.54) is 12.1 Å². The van der Waals surface area contributed by atoms with Crippen molar-refractivity contribution in [2.75, 3.05) is 0 Å². The minimum absolute atomic E-state index is 0.0345. The number of rotatable bonds is 6. The molecule has 0 saturated heterocycles. The Bertz CT molecular complexity index is 693. The van der Waals surface area contributed by atoms with E-state index in [1.54, 1.807) is 12.1 Å². The Morgan fingerprint density at radius 1 is 1.21 bits per heavy atom. The molecule has 0 spiro atoms. The molecule has 4 nitrogen and oxygen atoms in total. The van der Waals surface area contributed by atoms with Gasteiger partial charge in [0, 0.05) is 17.7 Å². The maximum Gasteiger partial charge on any atom is 0.234 e. The molecule has 0 aliphatic carbocycles. The first kappa shape index (κ1) is 18.1. The summed E-state index contributed by atoms with van der Waals surface area (Å²) in [6.07, 6.45) is 0.411. The van der Waals surface area contributed by atoms with E-state index >= 15 is 0 Å². The van der Waals surface area contributed by atoms with E-state index in [-0.39, 0.29) is 11.2 Å². The number of hydrogen-bond donors (Lipinski definition) is 2. The fraction of sp³-hybridized carbons (Fsp3) is 0.368. The zero-order valence-corrected chi connectivity index (χ0v) is 14.3. The molecule has 0 saturated carbocycles. The predicted molar refractivity (Wildman–Crippen MR) is 92.9 cm³/mol. The lowest BCUT2D eigenvalue weighted by molar-refractivity contribution is -0.120. The summed E-state index contributed by atoms with van der Waals surface area (Å²) in [4.78, 5) is 16.3. The summed E-state index contributed by atoms with van der Waals surface area (Å²) in [7, 11) is 0. The molecule has 3 N–H and O–H groups in total. The van der Waals surface area contributed by atoms with Gasteiger partial charge in [0.2, 0.25) is 5.91 Å². The average molecular weight is 329 g/mol. The molecule has 0 fully saturated rings. The fourth-order valence-corrected chi connectivity index (χ4v) is 2.35.